The summed E-state index contributed by atoms with van der Waals surface area (Å²) in [6.07, 6.45) is 5.42. The number of hydrogen-bond acceptors (Lipinski definition) is 0. The summed E-state index contributed by atoms with van der Waals surface area (Å²) in [6, 6.07) is 8.44. The van der Waals surface area contributed by atoms with Crippen LogP contribution in [0.1, 0.15) is 31.4 Å². The predicted molar refractivity (Wildman–Crippen MR) is 48.5 cm³/mol. The third-order valence-corrected chi connectivity index (χ3v) is 1.77. The average molecular weight is 146 g/mol. The van der Waals surface area contributed by atoms with Crippen molar-refractivity contribution in [2.75, 3.05) is 0 Å². The van der Waals surface area contributed by atoms with Gasteiger partial charge in [-0.25, -0.2) is 0 Å². The van der Waals surface area contributed by atoms with Crippen LogP contribution in [0.25, 0.3) is 0 Å². The molecule has 1 rings (SSSR count). The van der Waals surface area contributed by atoms with E-state index in [0.29, 0.717) is 0 Å². The number of rotatable bonds is 3. The first-order chi connectivity index (χ1) is 5.38. The number of hydrogen-bond donors (Lipinski definition) is 0. The van der Waals surface area contributed by atoms with E-state index >= 15 is 0 Å². The fourth-order valence-corrected chi connectivity index (χ4v) is 1.19. The van der Waals surface area contributed by atoms with Crippen molar-refractivity contribution in [1.29, 1.82) is 0 Å². The minimum absolute atomic E-state index is 0.997. The SMILES string of the molecule is CC[C]c1ccccc1CC. The van der Waals surface area contributed by atoms with Gasteiger partial charge >= 0.3 is 0 Å². The molecule has 1 aromatic rings. The molecule has 1 aromatic carbocycles. The van der Waals surface area contributed by atoms with Crippen molar-refractivity contribution in [1.82, 2.24) is 0 Å². The van der Waals surface area contributed by atoms with E-state index in [0.717, 1.165) is 12.8 Å². The summed E-state index contributed by atoms with van der Waals surface area (Å²) in [5.41, 5.74) is 2.67. The maximum absolute atomic E-state index is 3.33. The third kappa shape index (κ3) is 2.07. The molecule has 0 bridgehead atoms. The Balaban J connectivity index is 2.83. The Kier molecular flexibility index (Phi) is 3.15. The van der Waals surface area contributed by atoms with Gasteiger partial charge in [-0.15, -0.1) is 0 Å². The molecular formula is C11H14. The van der Waals surface area contributed by atoms with E-state index < -0.39 is 0 Å². The molecule has 0 amide bonds. The summed E-state index contributed by atoms with van der Waals surface area (Å²) in [6.45, 7) is 4.29. The molecule has 0 nitrogen and oxygen atoms in total. The molecule has 0 N–H and O–H groups in total. The smallest absolute Gasteiger partial charge is 0.0164 e. The molecular weight excluding hydrogens is 132 g/mol. The minimum atomic E-state index is 0.997. The zero-order valence-electron chi connectivity index (χ0n) is 7.22. The van der Waals surface area contributed by atoms with Crippen molar-refractivity contribution in [3.63, 3.8) is 0 Å². The van der Waals surface area contributed by atoms with Crippen LogP contribution in [0.3, 0.4) is 0 Å². The molecule has 0 aliphatic heterocycles. The fraction of sp³-hybridized carbons (Fsp3) is 0.364. The summed E-state index contributed by atoms with van der Waals surface area (Å²) >= 11 is 0. The Morgan fingerprint density at radius 3 is 2.55 bits per heavy atom. The maximum atomic E-state index is 3.33. The van der Waals surface area contributed by atoms with Gasteiger partial charge in [-0.2, -0.15) is 0 Å². The van der Waals surface area contributed by atoms with Crippen LogP contribution in [0, 0.1) is 6.42 Å². The molecule has 0 fully saturated rings. The van der Waals surface area contributed by atoms with Gasteiger partial charge in [0, 0.05) is 6.42 Å². The highest BCUT2D eigenvalue weighted by atomic mass is 14.0. The first kappa shape index (κ1) is 8.32. The molecule has 0 aliphatic rings. The zero-order valence-corrected chi connectivity index (χ0v) is 7.22. The highest BCUT2D eigenvalue weighted by molar-refractivity contribution is 5.32. The molecule has 58 valence electrons. The van der Waals surface area contributed by atoms with Gasteiger partial charge in [0.1, 0.15) is 0 Å². The van der Waals surface area contributed by atoms with Gasteiger partial charge in [-0.3, -0.25) is 0 Å². The molecule has 0 unspecified atom stereocenters. The average Bonchev–Trinajstić information content (AvgIpc) is 2.06. The van der Waals surface area contributed by atoms with Gasteiger partial charge in [0.15, 0.2) is 0 Å². The summed E-state index contributed by atoms with van der Waals surface area (Å²) in [5, 5.41) is 0. The normalized spacial score (nSPS) is 10.0. The molecule has 0 atom stereocenters. The lowest BCUT2D eigenvalue weighted by molar-refractivity contribution is 1.06. The Labute approximate surface area is 69.3 Å². The largest absolute Gasteiger partial charge is 0.0645 e. The van der Waals surface area contributed by atoms with E-state index in [-0.39, 0.29) is 0 Å². The lowest BCUT2D eigenvalue weighted by Gasteiger charge is -2.03. The lowest BCUT2D eigenvalue weighted by Crippen LogP contribution is -1.88. The van der Waals surface area contributed by atoms with Crippen LogP contribution in [0.2, 0.25) is 0 Å². The van der Waals surface area contributed by atoms with Crippen molar-refractivity contribution in [2.24, 2.45) is 0 Å². The Morgan fingerprint density at radius 1 is 1.18 bits per heavy atom. The lowest BCUT2D eigenvalue weighted by atomic mass is 10.0. The van der Waals surface area contributed by atoms with Crippen molar-refractivity contribution in [3.05, 3.63) is 41.8 Å². The second-order valence-corrected chi connectivity index (χ2v) is 2.54. The Bertz CT molecular complexity index is 213. The topological polar surface area (TPSA) is 0 Å². The molecule has 0 heteroatoms. The van der Waals surface area contributed by atoms with Gasteiger partial charge in [0.2, 0.25) is 0 Å². The van der Waals surface area contributed by atoms with Crippen LogP contribution >= 0.6 is 0 Å². The summed E-state index contributed by atoms with van der Waals surface area (Å²) in [4.78, 5) is 0. The van der Waals surface area contributed by atoms with Crippen LogP contribution in [-0.2, 0) is 6.42 Å². The monoisotopic (exact) mass is 146 g/mol. The van der Waals surface area contributed by atoms with Crippen LogP contribution in [-0.4, -0.2) is 0 Å². The minimum Gasteiger partial charge on any atom is -0.0645 e. The Morgan fingerprint density at radius 2 is 1.91 bits per heavy atom. The Hall–Kier alpha value is -0.780. The first-order valence-electron chi connectivity index (χ1n) is 4.20. The molecule has 0 saturated carbocycles. The van der Waals surface area contributed by atoms with Crippen LogP contribution < -0.4 is 0 Å². The van der Waals surface area contributed by atoms with E-state index in [1.807, 2.05) is 0 Å². The van der Waals surface area contributed by atoms with Gasteiger partial charge in [0.25, 0.3) is 0 Å². The molecule has 0 aliphatic carbocycles. The molecule has 0 spiro atoms. The van der Waals surface area contributed by atoms with Gasteiger partial charge < -0.3 is 0 Å². The van der Waals surface area contributed by atoms with E-state index in [4.69, 9.17) is 0 Å². The van der Waals surface area contributed by atoms with Crippen molar-refractivity contribution in [2.45, 2.75) is 26.7 Å². The number of benzene rings is 1. The maximum Gasteiger partial charge on any atom is 0.0164 e. The van der Waals surface area contributed by atoms with Gasteiger partial charge in [0.05, 0.1) is 0 Å². The fourth-order valence-electron chi connectivity index (χ4n) is 1.19. The second kappa shape index (κ2) is 4.17. The predicted octanol–water partition coefficient (Wildman–Crippen LogP) is 3.09. The van der Waals surface area contributed by atoms with Crippen LogP contribution in [0.4, 0.5) is 0 Å². The zero-order chi connectivity index (χ0) is 8.10. The van der Waals surface area contributed by atoms with E-state index in [1.165, 1.54) is 11.1 Å². The summed E-state index contributed by atoms with van der Waals surface area (Å²) in [7, 11) is 0. The first-order valence-corrected chi connectivity index (χ1v) is 4.20. The second-order valence-electron chi connectivity index (χ2n) is 2.54. The molecule has 0 saturated heterocycles. The van der Waals surface area contributed by atoms with Crippen molar-refractivity contribution < 1.29 is 0 Å². The number of aryl methyl sites for hydroxylation is 1. The highest BCUT2D eigenvalue weighted by Gasteiger charge is 1.96. The quantitative estimate of drug-likeness (QED) is 0.614. The van der Waals surface area contributed by atoms with Crippen molar-refractivity contribution >= 4 is 0 Å². The summed E-state index contributed by atoms with van der Waals surface area (Å²) in [5.74, 6) is 0. The van der Waals surface area contributed by atoms with E-state index in [1.54, 1.807) is 0 Å². The van der Waals surface area contributed by atoms with Crippen molar-refractivity contribution in [3.8, 4) is 0 Å². The molecule has 0 heterocycles. The van der Waals surface area contributed by atoms with Gasteiger partial charge in [-0.1, -0.05) is 38.1 Å². The van der Waals surface area contributed by atoms with E-state index in [2.05, 4.69) is 44.5 Å². The van der Waals surface area contributed by atoms with Crippen LogP contribution in [0.15, 0.2) is 24.3 Å². The third-order valence-electron chi connectivity index (χ3n) is 1.77. The molecule has 11 heavy (non-hydrogen) atoms. The summed E-state index contributed by atoms with van der Waals surface area (Å²) < 4.78 is 0. The highest BCUT2D eigenvalue weighted by Crippen LogP contribution is 2.12. The van der Waals surface area contributed by atoms with E-state index in [9.17, 15) is 0 Å². The molecule has 2 radical (unpaired) electrons. The van der Waals surface area contributed by atoms with Gasteiger partial charge in [-0.05, 0) is 24.0 Å². The standard InChI is InChI=1S/C11H14/c1-3-7-11-9-6-5-8-10(11)4-2/h5-6,8-9H,3-4H2,1-2H3. The molecule has 0 aromatic heterocycles. The van der Waals surface area contributed by atoms with Crippen LogP contribution in [0.5, 0.6) is 0 Å².